The molecule has 0 aromatic heterocycles. The first-order valence-electron chi connectivity index (χ1n) is 3.58. The molecule has 0 amide bonds. The molecule has 8 heavy (non-hydrogen) atoms. The van der Waals surface area contributed by atoms with Gasteiger partial charge < -0.3 is 0 Å². The largest absolute Gasteiger partial charge is 0.298 e. The molecule has 0 radical (unpaired) electrons. The lowest BCUT2D eigenvalue weighted by atomic mass is 10.3. The number of nitrogens with zero attached hydrogens (tertiary/aromatic N) is 1. The predicted octanol–water partition coefficient (Wildman–Crippen LogP) is 1.49. The standard InChI is InChI=1S/C7H15N/c1-3-4-5-8-6-7(8)2/h7H,3-6H2,1-2H3/t7-,8?/m0/s1. The number of rotatable bonds is 3. The minimum absolute atomic E-state index is 0.904. The van der Waals surface area contributed by atoms with Gasteiger partial charge >= 0.3 is 0 Å². The van der Waals surface area contributed by atoms with E-state index in [1.54, 1.807) is 0 Å². The van der Waals surface area contributed by atoms with Gasteiger partial charge in [0.15, 0.2) is 0 Å². The summed E-state index contributed by atoms with van der Waals surface area (Å²) in [7, 11) is 0. The Hall–Kier alpha value is -0.0400. The predicted molar refractivity (Wildman–Crippen MR) is 35.9 cm³/mol. The highest BCUT2D eigenvalue weighted by molar-refractivity contribution is 4.83. The minimum atomic E-state index is 0.904. The van der Waals surface area contributed by atoms with Crippen LogP contribution in [0.3, 0.4) is 0 Å². The van der Waals surface area contributed by atoms with Crippen LogP contribution in [0, 0.1) is 0 Å². The average molecular weight is 113 g/mol. The van der Waals surface area contributed by atoms with Crippen molar-refractivity contribution in [2.24, 2.45) is 0 Å². The van der Waals surface area contributed by atoms with Crippen LogP contribution in [-0.2, 0) is 0 Å². The fourth-order valence-electron chi connectivity index (χ4n) is 0.965. The maximum Gasteiger partial charge on any atom is 0.0195 e. The molecule has 1 rings (SSSR count). The molecule has 0 spiro atoms. The molecular formula is C7H15N. The van der Waals surface area contributed by atoms with Crippen LogP contribution < -0.4 is 0 Å². The highest BCUT2D eigenvalue weighted by Gasteiger charge is 2.27. The summed E-state index contributed by atoms with van der Waals surface area (Å²) in [5.41, 5.74) is 0. The quantitative estimate of drug-likeness (QED) is 0.501. The fraction of sp³-hybridized carbons (Fsp3) is 1.00. The minimum Gasteiger partial charge on any atom is -0.298 e. The average Bonchev–Trinajstić information content (AvgIpc) is 2.42. The van der Waals surface area contributed by atoms with Crippen molar-refractivity contribution in [1.29, 1.82) is 0 Å². The van der Waals surface area contributed by atoms with Crippen molar-refractivity contribution in [1.82, 2.24) is 4.90 Å². The third kappa shape index (κ3) is 1.48. The summed E-state index contributed by atoms with van der Waals surface area (Å²) in [4.78, 5) is 2.50. The Morgan fingerprint density at radius 2 is 2.25 bits per heavy atom. The molecule has 0 N–H and O–H groups in total. The van der Waals surface area contributed by atoms with Crippen LogP contribution in [0.2, 0.25) is 0 Å². The molecule has 1 fully saturated rings. The van der Waals surface area contributed by atoms with Gasteiger partial charge in [-0.25, -0.2) is 0 Å². The van der Waals surface area contributed by atoms with Crippen LogP contribution in [0.1, 0.15) is 26.7 Å². The van der Waals surface area contributed by atoms with Gasteiger partial charge in [-0.15, -0.1) is 0 Å². The maximum atomic E-state index is 2.50. The first-order valence-corrected chi connectivity index (χ1v) is 3.58. The smallest absolute Gasteiger partial charge is 0.0195 e. The Morgan fingerprint density at radius 3 is 2.62 bits per heavy atom. The highest BCUT2D eigenvalue weighted by atomic mass is 15.3. The lowest BCUT2D eigenvalue weighted by molar-refractivity contribution is 0.496. The molecule has 0 aromatic rings. The fourth-order valence-corrected chi connectivity index (χ4v) is 0.965. The Bertz CT molecular complexity index is 70.8. The molecule has 48 valence electrons. The van der Waals surface area contributed by atoms with E-state index in [-0.39, 0.29) is 0 Å². The third-order valence-corrected chi connectivity index (χ3v) is 1.79. The van der Waals surface area contributed by atoms with Crippen molar-refractivity contribution in [2.45, 2.75) is 32.7 Å². The molecular weight excluding hydrogens is 98.1 g/mol. The topological polar surface area (TPSA) is 3.01 Å². The zero-order valence-corrected chi connectivity index (χ0v) is 5.85. The zero-order chi connectivity index (χ0) is 5.98. The second kappa shape index (κ2) is 2.49. The lowest BCUT2D eigenvalue weighted by Gasteiger charge is -1.96. The van der Waals surface area contributed by atoms with E-state index in [1.807, 2.05) is 0 Å². The van der Waals surface area contributed by atoms with Crippen LogP contribution in [0.4, 0.5) is 0 Å². The molecule has 0 saturated carbocycles. The van der Waals surface area contributed by atoms with E-state index < -0.39 is 0 Å². The Balaban J connectivity index is 1.89. The van der Waals surface area contributed by atoms with Gasteiger partial charge in [0.25, 0.3) is 0 Å². The SMILES string of the molecule is CCCCN1C[C@@H]1C. The van der Waals surface area contributed by atoms with E-state index in [2.05, 4.69) is 18.7 Å². The summed E-state index contributed by atoms with van der Waals surface area (Å²) in [6, 6.07) is 0.904. The Morgan fingerprint density at radius 1 is 1.62 bits per heavy atom. The van der Waals surface area contributed by atoms with Gasteiger partial charge in [-0.1, -0.05) is 13.3 Å². The van der Waals surface area contributed by atoms with E-state index in [9.17, 15) is 0 Å². The van der Waals surface area contributed by atoms with Gasteiger partial charge in [0, 0.05) is 12.6 Å². The van der Waals surface area contributed by atoms with Crippen LogP contribution >= 0.6 is 0 Å². The first kappa shape index (κ1) is 6.09. The number of unbranched alkanes of at least 4 members (excludes halogenated alkanes) is 1. The second-order valence-corrected chi connectivity index (χ2v) is 2.70. The van der Waals surface area contributed by atoms with Gasteiger partial charge in [0.2, 0.25) is 0 Å². The molecule has 0 bridgehead atoms. The van der Waals surface area contributed by atoms with Gasteiger partial charge in [-0.3, -0.25) is 4.90 Å². The summed E-state index contributed by atoms with van der Waals surface area (Å²) in [6.07, 6.45) is 2.72. The van der Waals surface area contributed by atoms with E-state index in [4.69, 9.17) is 0 Å². The van der Waals surface area contributed by atoms with Gasteiger partial charge in [-0.05, 0) is 19.9 Å². The van der Waals surface area contributed by atoms with Gasteiger partial charge in [0.05, 0.1) is 0 Å². The monoisotopic (exact) mass is 113 g/mol. The van der Waals surface area contributed by atoms with Crippen LogP contribution in [0.5, 0.6) is 0 Å². The summed E-state index contributed by atoms with van der Waals surface area (Å²) in [5, 5.41) is 0. The molecule has 1 unspecified atom stereocenters. The van der Waals surface area contributed by atoms with Gasteiger partial charge in [0.1, 0.15) is 0 Å². The summed E-state index contributed by atoms with van der Waals surface area (Å²) < 4.78 is 0. The van der Waals surface area contributed by atoms with Crippen LogP contribution in [0.25, 0.3) is 0 Å². The molecule has 2 atom stereocenters. The van der Waals surface area contributed by atoms with Crippen LogP contribution in [0.15, 0.2) is 0 Å². The lowest BCUT2D eigenvalue weighted by Crippen LogP contribution is -2.00. The molecule has 1 aliphatic heterocycles. The molecule has 1 saturated heterocycles. The summed E-state index contributed by atoms with van der Waals surface area (Å²) >= 11 is 0. The van der Waals surface area contributed by atoms with Crippen molar-refractivity contribution in [3.05, 3.63) is 0 Å². The van der Waals surface area contributed by atoms with E-state index in [0.717, 1.165) is 6.04 Å². The van der Waals surface area contributed by atoms with Crippen molar-refractivity contribution in [2.75, 3.05) is 13.1 Å². The number of hydrogen-bond acceptors (Lipinski definition) is 1. The second-order valence-electron chi connectivity index (χ2n) is 2.70. The van der Waals surface area contributed by atoms with E-state index >= 15 is 0 Å². The van der Waals surface area contributed by atoms with Crippen molar-refractivity contribution in [3.8, 4) is 0 Å². The highest BCUT2D eigenvalue weighted by Crippen LogP contribution is 2.15. The summed E-state index contributed by atoms with van der Waals surface area (Å²) in [5.74, 6) is 0. The zero-order valence-electron chi connectivity index (χ0n) is 5.85. The van der Waals surface area contributed by atoms with Crippen molar-refractivity contribution >= 4 is 0 Å². The van der Waals surface area contributed by atoms with Crippen molar-refractivity contribution in [3.63, 3.8) is 0 Å². The first-order chi connectivity index (χ1) is 3.84. The van der Waals surface area contributed by atoms with Crippen molar-refractivity contribution < 1.29 is 0 Å². The summed E-state index contributed by atoms with van der Waals surface area (Å²) in [6.45, 7) is 7.21. The van der Waals surface area contributed by atoms with Gasteiger partial charge in [-0.2, -0.15) is 0 Å². The Kier molecular flexibility index (Phi) is 1.90. The molecule has 1 heteroatoms. The normalized spacial score (nSPS) is 35.2. The Labute approximate surface area is 51.7 Å². The number of hydrogen-bond donors (Lipinski definition) is 0. The molecule has 1 aliphatic rings. The van der Waals surface area contributed by atoms with E-state index in [1.165, 1.54) is 25.9 Å². The third-order valence-electron chi connectivity index (χ3n) is 1.79. The van der Waals surface area contributed by atoms with Crippen LogP contribution in [-0.4, -0.2) is 24.0 Å². The molecule has 0 aromatic carbocycles. The maximum absolute atomic E-state index is 2.50. The molecule has 1 heterocycles. The molecule has 0 aliphatic carbocycles. The molecule has 1 nitrogen and oxygen atoms in total. The van der Waals surface area contributed by atoms with E-state index in [0.29, 0.717) is 0 Å².